The minimum atomic E-state index is -0.974. The molecular weight excluding hydrogens is 214 g/mol. The van der Waals surface area contributed by atoms with E-state index in [0.29, 0.717) is 0 Å². The summed E-state index contributed by atoms with van der Waals surface area (Å²) in [4.78, 5) is 34.7. The smallest absolute Gasteiger partial charge is 0.427 e. The van der Waals surface area contributed by atoms with E-state index in [-0.39, 0.29) is 6.42 Å². The SMILES string of the molecule is C[C@@H]1CC(=O)OC(=O)N1C(=O)OC(C)(C)C. The van der Waals surface area contributed by atoms with Crippen LogP contribution in [-0.2, 0) is 14.3 Å². The lowest BCUT2D eigenvalue weighted by molar-refractivity contribution is -0.142. The summed E-state index contributed by atoms with van der Waals surface area (Å²) in [5, 5.41) is 0. The predicted molar refractivity (Wildman–Crippen MR) is 53.6 cm³/mol. The van der Waals surface area contributed by atoms with Gasteiger partial charge in [-0.3, -0.25) is 4.79 Å². The lowest BCUT2D eigenvalue weighted by Gasteiger charge is -2.31. The number of carbonyl (C=O) groups excluding carboxylic acids is 3. The maximum atomic E-state index is 11.6. The summed E-state index contributed by atoms with van der Waals surface area (Å²) in [6.45, 7) is 6.66. The first-order valence-electron chi connectivity index (χ1n) is 4.97. The van der Waals surface area contributed by atoms with E-state index in [4.69, 9.17) is 4.74 Å². The first-order valence-corrected chi connectivity index (χ1v) is 4.97. The van der Waals surface area contributed by atoms with Gasteiger partial charge in [-0.2, -0.15) is 0 Å². The Morgan fingerprint density at radius 1 is 1.44 bits per heavy atom. The monoisotopic (exact) mass is 229 g/mol. The molecular formula is C10H15NO5. The average molecular weight is 229 g/mol. The summed E-state index contributed by atoms with van der Waals surface area (Å²) in [5.74, 6) is -0.627. The molecule has 1 saturated heterocycles. The molecule has 6 nitrogen and oxygen atoms in total. The number of hydrogen-bond donors (Lipinski definition) is 0. The van der Waals surface area contributed by atoms with E-state index >= 15 is 0 Å². The second kappa shape index (κ2) is 4.11. The second-order valence-corrected chi connectivity index (χ2v) is 4.64. The molecule has 0 N–H and O–H groups in total. The molecule has 0 saturated carbocycles. The summed E-state index contributed by atoms with van der Waals surface area (Å²) in [6, 6.07) is -0.538. The highest BCUT2D eigenvalue weighted by atomic mass is 16.6. The lowest BCUT2D eigenvalue weighted by atomic mass is 10.2. The standard InChI is InChI=1S/C10H15NO5/c1-6-5-7(12)15-8(13)11(6)9(14)16-10(2,3)4/h6H,5H2,1-4H3/t6-/m1/s1. The van der Waals surface area contributed by atoms with Gasteiger partial charge >= 0.3 is 18.2 Å². The van der Waals surface area contributed by atoms with Gasteiger partial charge < -0.3 is 9.47 Å². The Labute approximate surface area is 93.5 Å². The van der Waals surface area contributed by atoms with Gasteiger partial charge in [0.1, 0.15) is 5.60 Å². The third kappa shape index (κ3) is 2.95. The molecule has 1 fully saturated rings. The molecule has 16 heavy (non-hydrogen) atoms. The van der Waals surface area contributed by atoms with Gasteiger partial charge in [-0.05, 0) is 27.7 Å². The van der Waals surface area contributed by atoms with E-state index in [2.05, 4.69) is 4.74 Å². The van der Waals surface area contributed by atoms with Gasteiger partial charge in [0, 0.05) is 0 Å². The molecule has 6 heteroatoms. The Morgan fingerprint density at radius 3 is 2.44 bits per heavy atom. The van der Waals surface area contributed by atoms with Crippen molar-refractivity contribution in [3.8, 4) is 0 Å². The van der Waals surface area contributed by atoms with E-state index in [1.54, 1.807) is 27.7 Å². The van der Waals surface area contributed by atoms with Crippen LogP contribution in [0.25, 0.3) is 0 Å². The van der Waals surface area contributed by atoms with Crippen LogP contribution in [0, 0.1) is 0 Å². The van der Waals surface area contributed by atoms with Crippen molar-refractivity contribution in [2.24, 2.45) is 0 Å². The lowest BCUT2D eigenvalue weighted by Crippen LogP contribution is -2.50. The quantitative estimate of drug-likeness (QED) is 0.466. The van der Waals surface area contributed by atoms with Crippen LogP contribution in [0.4, 0.5) is 9.59 Å². The largest absolute Gasteiger partial charge is 0.443 e. The summed E-state index contributed by atoms with van der Waals surface area (Å²) in [6.07, 6.45) is -1.78. The van der Waals surface area contributed by atoms with Crippen LogP contribution in [0.1, 0.15) is 34.1 Å². The average Bonchev–Trinajstić information content (AvgIpc) is 1.96. The van der Waals surface area contributed by atoms with Crippen LogP contribution in [-0.4, -0.2) is 34.7 Å². The molecule has 1 rings (SSSR count). The summed E-state index contributed by atoms with van der Waals surface area (Å²) in [7, 11) is 0. The van der Waals surface area contributed by atoms with Crippen molar-refractivity contribution < 1.29 is 23.9 Å². The number of ether oxygens (including phenoxy) is 2. The van der Waals surface area contributed by atoms with Gasteiger partial charge in [0.2, 0.25) is 0 Å². The Kier molecular flexibility index (Phi) is 3.21. The highest BCUT2D eigenvalue weighted by Crippen LogP contribution is 2.18. The maximum absolute atomic E-state index is 11.6. The molecule has 0 unspecified atom stereocenters. The number of cyclic esters (lactones) is 2. The molecule has 0 bridgehead atoms. The first-order chi connectivity index (χ1) is 7.20. The third-order valence-corrected chi connectivity index (χ3v) is 1.89. The number of amides is 2. The molecule has 0 aromatic carbocycles. The van der Waals surface area contributed by atoms with Gasteiger partial charge in [0.25, 0.3) is 0 Å². The fourth-order valence-corrected chi connectivity index (χ4v) is 1.27. The Hall–Kier alpha value is -1.59. The topological polar surface area (TPSA) is 72.9 Å². The second-order valence-electron chi connectivity index (χ2n) is 4.64. The van der Waals surface area contributed by atoms with Gasteiger partial charge in [0.05, 0.1) is 12.5 Å². The van der Waals surface area contributed by atoms with Gasteiger partial charge in [-0.25, -0.2) is 14.5 Å². The minimum Gasteiger partial charge on any atom is -0.443 e. The van der Waals surface area contributed by atoms with Crippen molar-refractivity contribution in [1.82, 2.24) is 4.90 Å². The molecule has 1 aliphatic heterocycles. The number of hydrogen-bond acceptors (Lipinski definition) is 5. The molecule has 90 valence electrons. The minimum absolute atomic E-state index is 0.00895. The van der Waals surface area contributed by atoms with Crippen LogP contribution in [0.3, 0.4) is 0 Å². The van der Waals surface area contributed by atoms with E-state index in [1.807, 2.05) is 0 Å². The van der Waals surface area contributed by atoms with Crippen LogP contribution in [0.5, 0.6) is 0 Å². The van der Waals surface area contributed by atoms with Crippen LogP contribution < -0.4 is 0 Å². The summed E-state index contributed by atoms with van der Waals surface area (Å²) >= 11 is 0. The number of esters is 1. The zero-order valence-electron chi connectivity index (χ0n) is 9.77. The highest BCUT2D eigenvalue weighted by Gasteiger charge is 2.38. The molecule has 1 heterocycles. The predicted octanol–water partition coefficient (Wildman–Crippen LogP) is 1.68. The molecule has 0 aromatic rings. The molecule has 0 aromatic heterocycles. The Balaban J connectivity index is 2.75. The van der Waals surface area contributed by atoms with Crippen molar-refractivity contribution in [3.05, 3.63) is 0 Å². The molecule has 2 amide bonds. The van der Waals surface area contributed by atoms with E-state index in [9.17, 15) is 14.4 Å². The molecule has 1 aliphatic rings. The van der Waals surface area contributed by atoms with Crippen molar-refractivity contribution in [1.29, 1.82) is 0 Å². The highest BCUT2D eigenvalue weighted by molar-refractivity contribution is 5.96. The number of nitrogens with zero attached hydrogens (tertiary/aromatic N) is 1. The van der Waals surface area contributed by atoms with Crippen LogP contribution in [0.15, 0.2) is 0 Å². The Bertz CT molecular complexity index is 331. The van der Waals surface area contributed by atoms with E-state index in [1.165, 1.54) is 0 Å². The zero-order valence-corrected chi connectivity index (χ0v) is 9.77. The van der Waals surface area contributed by atoms with Gasteiger partial charge in [0.15, 0.2) is 0 Å². The van der Waals surface area contributed by atoms with Crippen molar-refractivity contribution in [3.63, 3.8) is 0 Å². The number of carbonyl (C=O) groups is 3. The van der Waals surface area contributed by atoms with E-state index in [0.717, 1.165) is 4.90 Å². The molecule has 0 radical (unpaired) electrons. The van der Waals surface area contributed by atoms with Crippen molar-refractivity contribution in [2.75, 3.05) is 0 Å². The first kappa shape index (κ1) is 12.5. The molecule has 0 spiro atoms. The van der Waals surface area contributed by atoms with Gasteiger partial charge in [-0.15, -0.1) is 0 Å². The van der Waals surface area contributed by atoms with Gasteiger partial charge in [-0.1, -0.05) is 0 Å². The van der Waals surface area contributed by atoms with Crippen molar-refractivity contribution in [2.45, 2.75) is 45.8 Å². The Morgan fingerprint density at radius 2 is 2.00 bits per heavy atom. The summed E-state index contributed by atoms with van der Waals surface area (Å²) < 4.78 is 9.38. The van der Waals surface area contributed by atoms with Crippen LogP contribution >= 0.6 is 0 Å². The van der Waals surface area contributed by atoms with E-state index < -0.39 is 29.8 Å². The van der Waals surface area contributed by atoms with Crippen LogP contribution in [0.2, 0.25) is 0 Å². The summed E-state index contributed by atoms with van der Waals surface area (Å²) in [5.41, 5.74) is -0.696. The van der Waals surface area contributed by atoms with Crippen molar-refractivity contribution >= 4 is 18.2 Å². The normalized spacial score (nSPS) is 21.8. The fraction of sp³-hybridized carbons (Fsp3) is 0.700. The number of imide groups is 1. The third-order valence-electron chi connectivity index (χ3n) is 1.89. The molecule has 0 aliphatic carbocycles. The number of rotatable bonds is 0. The fourth-order valence-electron chi connectivity index (χ4n) is 1.27. The molecule has 1 atom stereocenters. The zero-order chi connectivity index (χ0) is 12.5. The maximum Gasteiger partial charge on any atom is 0.427 e.